The largest absolute Gasteiger partial charge is 0.394 e. The Morgan fingerprint density at radius 3 is 2.06 bits per heavy atom. The second-order valence-corrected chi connectivity index (χ2v) is 7.70. The summed E-state index contributed by atoms with van der Waals surface area (Å²) in [5, 5.41) is 50.9. The lowest BCUT2D eigenvalue weighted by Crippen LogP contribution is -2.64. The molecule has 11 heteroatoms. The zero-order chi connectivity index (χ0) is 22.1. The van der Waals surface area contributed by atoms with Crippen LogP contribution in [0.3, 0.4) is 0 Å². The molecule has 31 heavy (non-hydrogen) atoms. The van der Waals surface area contributed by atoms with Crippen molar-refractivity contribution in [2.45, 2.75) is 67.7 Å². The fourth-order valence-electron chi connectivity index (χ4n) is 4.13. The number of ether oxygens (including phenoxy) is 6. The minimum atomic E-state index is -1.49. The summed E-state index contributed by atoms with van der Waals surface area (Å²) >= 11 is 0. The predicted molar refractivity (Wildman–Crippen MR) is 100 cm³/mol. The van der Waals surface area contributed by atoms with Crippen molar-refractivity contribution in [2.24, 2.45) is 0 Å². The van der Waals surface area contributed by atoms with Crippen LogP contribution >= 0.6 is 0 Å². The second-order valence-electron chi connectivity index (χ2n) is 7.70. The van der Waals surface area contributed by atoms with Crippen molar-refractivity contribution in [3.8, 4) is 0 Å². The van der Waals surface area contributed by atoms with Gasteiger partial charge < -0.3 is 54.0 Å². The highest BCUT2D eigenvalue weighted by Gasteiger charge is 2.55. The minimum absolute atomic E-state index is 0.430. The molecule has 0 saturated carbocycles. The van der Waals surface area contributed by atoms with Crippen molar-refractivity contribution in [1.29, 1.82) is 0 Å². The van der Waals surface area contributed by atoms with Gasteiger partial charge in [-0.1, -0.05) is 30.3 Å². The van der Waals surface area contributed by atoms with E-state index in [-0.39, 0.29) is 0 Å². The van der Waals surface area contributed by atoms with Crippen LogP contribution in [0.4, 0.5) is 0 Å². The zero-order valence-electron chi connectivity index (χ0n) is 16.8. The normalized spacial score (nSPS) is 45.4. The number of rotatable bonds is 6. The summed E-state index contributed by atoms with van der Waals surface area (Å²) in [6.07, 6.45) is -12.4. The van der Waals surface area contributed by atoms with Gasteiger partial charge >= 0.3 is 0 Å². The molecule has 3 aliphatic rings. The molecule has 0 aliphatic carbocycles. The molecule has 5 N–H and O–H groups in total. The van der Waals surface area contributed by atoms with Crippen molar-refractivity contribution in [3.05, 3.63) is 35.9 Å². The first kappa shape index (κ1) is 23.0. The number of aliphatic hydroxyl groups is 5. The van der Waals surface area contributed by atoms with Crippen molar-refractivity contribution in [2.75, 3.05) is 20.3 Å². The molecule has 11 atom stereocenters. The number of benzene rings is 1. The first-order valence-electron chi connectivity index (χ1n) is 10.1. The van der Waals surface area contributed by atoms with Gasteiger partial charge in [-0.05, 0) is 0 Å². The fraction of sp³-hybridized carbons (Fsp3) is 0.700. The van der Waals surface area contributed by atoms with E-state index in [1.54, 1.807) is 0 Å². The Labute approximate surface area is 178 Å². The number of hydrogen-bond donors (Lipinski definition) is 5. The molecular formula is C20H28O11. The molecule has 11 nitrogen and oxygen atoms in total. The third-order valence-electron chi connectivity index (χ3n) is 5.77. The monoisotopic (exact) mass is 444 g/mol. The van der Waals surface area contributed by atoms with E-state index in [0.717, 1.165) is 5.56 Å². The van der Waals surface area contributed by atoms with Gasteiger partial charge in [-0.25, -0.2) is 0 Å². The third kappa shape index (κ3) is 4.36. The maximum Gasteiger partial charge on any atom is 0.187 e. The highest BCUT2D eigenvalue weighted by molar-refractivity contribution is 5.17. The van der Waals surface area contributed by atoms with Gasteiger partial charge in [0.2, 0.25) is 0 Å². The first-order chi connectivity index (χ1) is 15.0. The predicted octanol–water partition coefficient (Wildman–Crippen LogP) is -1.98. The molecule has 3 aliphatic heterocycles. The van der Waals surface area contributed by atoms with E-state index in [4.69, 9.17) is 28.4 Å². The zero-order valence-corrected chi connectivity index (χ0v) is 16.8. The number of fused-ring (bicyclic) bond motifs is 1. The summed E-state index contributed by atoms with van der Waals surface area (Å²) in [4.78, 5) is 0. The topological polar surface area (TPSA) is 157 Å². The van der Waals surface area contributed by atoms with Crippen LogP contribution in [0.25, 0.3) is 0 Å². The van der Waals surface area contributed by atoms with E-state index in [1.807, 2.05) is 30.3 Å². The number of methoxy groups -OCH3 is 1. The quantitative estimate of drug-likeness (QED) is 0.331. The van der Waals surface area contributed by atoms with E-state index in [0.29, 0.717) is 0 Å². The molecule has 0 aromatic heterocycles. The van der Waals surface area contributed by atoms with Crippen LogP contribution < -0.4 is 0 Å². The van der Waals surface area contributed by atoms with E-state index < -0.39 is 80.9 Å². The highest BCUT2D eigenvalue weighted by Crippen LogP contribution is 2.40. The Hall–Kier alpha value is -1.22. The average molecular weight is 444 g/mol. The lowest BCUT2D eigenvalue weighted by atomic mass is 9.97. The average Bonchev–Trinajstić information content (AvgIpc) is 3.25. The van der Waals surface area contributed by atoms with Crippen LogP contribution in [-0.4, -0.2) is 107 Å². The summed E-state index contributed by atoms with van der Waals surface area (Å²) in [6, 6.07) is 9.12. The molecule has 3 heterocycles. The molecule has 1 unspecified atom stereocenters. The summed E-state index contributed by atoms with van der Waals surface area (Å²) < 4.78 is 33.6. The van der Waals surface area contributed by atoms with E-state index in [1.165, 1.54) is 7.11 Å². The van der Waals surface area contributed by atoms with Crippen LogP contribution in [-0.2, 0) is 28.4 Å². The van der Waals surface area contributed by atoms with Crippen LogP contribution in [0.15, 0.2) is 30.3 Å². The summed E-state index contributed by atoms with van der Waals surface area (Å²) in [6.45, 7) is -0.970. The number of hydrogen-bond acceptors (Lipinski definition) is 11. The molecule has 1 aromatic carbocycles. The van der Waals surface area contributed by atoms with Gasteiger partial charge in [-0.15, -0.1) is 0 Å². The molecule has 3 fully saturated rings. The van der Waals surface area contributed by atoms with Crippen molar-refractivity contribution in [1.82, 2.24) is 0 Å². The Balaban J connectivity index is 1.50. The first-order valence-corrected chi connectivity index (χ1v) is 10.1. The van der Waals surface area contributed by atoms with Gasteiger partial charge in [0.15, 0.2) is 18.9 Å². The lowest BCUT2D eigenvalue weighted by Gasteiger charge is -2.45. The smallest absolute Gasteiger partial charge is 0.187 e. The molecule has 4 rings (SSSR count). The Morgan fingerprint density at radius 2 is 1.42 bits per heavy atom. The van der Waals surface area contributed by atoms with Gasteiger partial charge in [0.1, 0.15) is 48.8 Å². The SMILES string of the molecule is CO[C@@H]1O[C@H](CO)[C@@H](O[C@@H]2O[C@H](CO)[C@@H]3OC(c4ccccc4)O[C@@H]3[C@H]2O)[C@H](O)[C@H]1O. The van der Waals surface area contributed by atoms with Crippen molar-refractivity contribution < 1.29 is 54.0 Å². The Kier molecular flexibility index (Phi) is 7.20. The summed E-state index contributed by atoms with van der Waals surface area (Å²) in [5.74, 6) is 0. The van der Waals surface area contributed by atoms with Crippen LogP contribution in [0.1, 0.15) is 11.9 Å². The maximum absolute atomic E-state index is 10.8. The van der Waals surface area contributed by atoms with E-state index >= 15 is 0 Å². The van der Waals surface area contributed by atoms with Gasteiger partial charge in [0.05, 0.1) is 13.2 Å². The van der Waals surface area contributed by atoms with Crippen molar-refractivity contribution in [3.63, 3.8) is 0 Å². The van der Waals surface area contributed by atoms with Crippen LogP contribution in [0.5, 0.6) is 0 Å². The van der Waals surface area contributed by atoms with Gasteiger partial charge in [-0.3, -0.25) is 0 Å². The van der Waals surface area contributed by atoms with Crippen LogP contribution in [0, 0.1) is 0 Å². The van der Waals surface area contributed by atoms with Crippen molar-refractivity contribution >= 4 is 0 Å². The molecule has 3 saturated heterocycles. The minimum Gasteiger partial charge on any atom is -0.394 e. The summed E-state index contributed by atoms with van der Waals surface area (Å²) in [5.41, 5.74) is 0.739. The molecule has 0 radical (unpaired) electrons. The lowest BCUT2D eigenvalue weighted by molar-refractivity contribution is -0.350. The summed E-state index contributed by atoms with van der Waals surface area (Å²) in [7, 11) is 1.29. The van der Waals surface area contributed by atoms with Gasteiger partial charge in [-0.2, -0.15) is 0 Å². The van der Waals surface area contributed by atoms with Gasteiger partial charge in [0.25, 0.3) is 0 Å². The Bertz CT molecular complexity index is 704. The van der Waals surface area contributed by atoms with Gasteiger partial charge in [0, 0.05) is 12.7 Å². The van der Waals surface area contributed by atoms with E-state index in [9.17, 15) is 25.5 Å². The standard InChI is InChI=1S/C20H28O11/c1-26-19-13(24)12(23)15(10(7-21)27-19)29-20-14(25)17-16(11(8-22)28-20)30-18(31-17)9-5-3-2-4-6-9/h2-6,10-25H,7-8H2,1H3/t10-,11-,12-,13-,14-,15-,16+,17-,18?,19-,20+/m1/s1. The van der Waals surface area contributed by atoms with E-state index in [2.05, 4.69) is 0 Å². The third-order valence-corrected chi connectivity index (χ3v) is 5.77. The Morgan fingerprint density at radius 1 is 0.774 bits per heavy atom. The second kappa shape index (κ2) is 9.73. The molecule has 0 amide bonds. The highest BCUT2D eigenvalue weighted by atomic mass is 16.8. The molecule has 174 valence electrons. The fourth-order valence-corrected chi connectivity index (χ4v) is 4.13. The maximum atomic E-state index is 10.8. The molecule has 1 aromatic rings. The number of aliphatic hydroxyl groups excluding tert-OH is 5. The molecular weight excluding hydrogens is 416 g/mol. The molecule has 0 bridgehead atoms. The van der Waals surface area contributed by atoms with Crippen LogP contribution in [0.2, 0.25) is 0 Å². The molecule has 0 spiro atoms.